The van der Waals surface area contributed by atoms with Gasteiger partial charge in [0, 0.05) is 10.5 Å². The minimum atomic E-state index is -1.55. The number of hydrogen-bond donors (Lipinski definition) is 1. The molecule has 6 heteroatoms. The molecule has 3 nitrogen and oxygen atoms in total. The molecule has 0 aliphatic rings. The molecule has 0 spiro atoms. The number of benzene rings is 2. The summed E-state index contributed by atoms with van der Waals surface area (Å²) in [4.78, 5) is 11.4. The number of aryl methyl sites for hydroxylation is 1. The van der Waals surface area contributed by atoms with Gasteiger partial charge < -0.3 is 5.11 Å². The Morgan fingerprint density at radius 3 is 2.71 bits per heavy atom. The van der Waals surface area contributed by atoms with Crippen LogP contribution in [-0.2, 0) is 16.6 Å². The summed E-state index contributed by atoms with van der Waals surface area (Å²) in [7, 11) is -1.55. The Balaban J connectivity index is 2.31. The van der Waals surface area contributed by atoms with E-state index in [0.29, 0.717) is 10.5 Å². The molecular formula is C15H12ClFO3S. The van der Waals surface area contributed by atoms with Crippen molar-refractivity contribution in [2.75, 3.05) is 0 Å². The second kappa shape index (κ2) is 6.37. The Kier molecular flexibility index (Phi) is 4.75. The van der Waals surface area contributed by atoms with Gasteiger partial charge in [-0.2, -0.15) is 0 Å². The van der Waals surface area contributed by atoms with Crippen LogP contribution in [0.15, 0.2) is 41.3 Å². The van der Waals surface area contributed by atoms with Gasteiger partial charge >= 0.3 is 5.97 Å². The van der Waals surface area contributed by atoms with Crippen LogP contribution in [0.2, 0.25) is 5.02 Å². The second-order valence-electron chi connectivity index (χ2n) is 4.48. The highest BCUT2D eigenvalue weighted by atomic mass is 35.5. The van der Waals surface area contributed by atoms with Crippen LogP contribution in [-0.4, -0.2) is 15.3 Å². The first-order valence-corrected chi connectivity index (χ1v) is 7.75. The van der Waals surface area contributed by atoms with Gasteiger partial charge in [-0.1, -0.05) is 29.8 Å². The molecule has 1 N–H and O–H groups in total. The van der Waals surface area contributed by atoms with Crippen molar-refractivity contribution in [3.05, 3.63) is 63.9 Å². The molecule has 0 aliphatic carbocycles. The molecule has 1 unspecified atom stereocenters. The Bertz CT molecular complexity index is 731. The highest BCUT2D eigenvalue weighted by Crippen LogP contribution is 2.22. The van der Waals surface area contributed by atoms with Gasteiger partial charge in [-0.15, -0.1) is 0 Å². The molecule has 0 amide bonds. The molecule has 2 rings (SSSR count). The van der Waals surface area contributed by atoms with Crippen LogP contribution in [0.3, 0.4) is 0 Å². The van der Waals surface area contributed by atoms with Gasteiger partial charge in [-0.05, 0) is 30.7 Å². The average Bonchev–Trinajstić information content (AvgIpc) is 2.44. The Labute approximate surface area is 128 Å². The molecule has 0 radical (unpaired) electrons. The predicted molar refractivity (Wildman–Crippen MR) is 79.7 cm³/mol. The third-order valence-electron chi connectivity index (χ3n) is 3.02. The summed E-state index contributed by atoms with van der Waals surface area (Å²) in [5.74, 6) is -1.74. The van der Waals surface area contributed by atoms with Crippen molar-refractivity contribution in [2.45, 2.75) is 17.6 Å². The van der Waals surface area contributed by atoms with Crippen LogP contribution in [0.1, 0.15) is 21.5 Å². The van der Waals surface area contributed by atoms with Gasteiger partial charge in [0.1, 0.15) is 5.82 Å². The van der Waals surface area contributed by atoms with E-state index in [-0.39, 0.29) is 21.9 Å². The molecule has 0 bridgehead atoms. The van der Waals surface area contributed by atoms with Crippen molar-refractivity contribution in [3.8, 4) is 0 Å². The quantitative estimate of drug-likeness (QED) is 0.930. The maximum absolute atomic E-state index is 13.8. The summed E-state index contributed by atoms with van der Waals surface area (Å²) in [6.45, 7) is 1.66. The third kappa shape index (κ3) is 3.49. The predicted octanol–water partition coefficient (Wildman–Crippen LogP) is 3.79. The van der Waals surface area contributed by atoms with E-state index in [1.165, 1.54) is 18.2 Å². The van der Waals surface area contributed by atoms with E-state index in [1.807, 2.05) is 0 Å². The largest absolute Gasteiger partial charge is 0.478 e. The van der Waals surface area contributed by atoms with E-state index in [2.05, 4.69) is 0 Å². The molecule has 0 aromatic heterocycles. The highest BCUT2D eigenvalue weighted by Gasteiger charge is 2.14. The van der Waals surface area contributed by atoms with Gasteiger partial charge in [0.05, 0.1) is 27.1 Å². The number of carboxylic acids is 1. The van der Waals surface area contributed by atoms with Crippen molar-refractivity contribution < 1.29 is 18.5 Å². The molecule has 0 heterocycles. The van der Waals surface area contributed by atoms with Crippen LogP contribution in [0.25, 0.3) is 0 Å². The summed E-state index contributed by atoms with van der Waals surface area (Å²) < 4.78 is 26.1. The van der Waals surface area contributed by atoms with E-state index in [4.69, 9.17) is 16.7 Å². The first-order valence-electron chi connectivity index (χ1n) is 6.05. The highest BCUT2D eigenvalue weighted by molar-refractivity contribution is 7.84. The molecule has 2 aromatic carbocycles. The molecule has 1 atom stereocenters. The van der Waals surface area contributed by atoms with E-state index in [9.17, 15) is 13.4 Å². The summed E-state index contributed by atoms with van der Waals surface area (Å²) >= 11 is 5.68. The van der Waals surface area contributed by atoms with E-state index in [0.717, 1.165) is 0 Å². The Hall–Kier alpha value is -1.72. The molecule has 0 fully saturated rings. The minimum Gasteiger partial charge on any atom is -0.478 e. The molecule has 0 aliphatic heterocycles. The van der Waals surface area contributed by atoms with Crippen LogP contribution >= 0.6 is 11.6 Å². The zero-order chi connectivity index (χ0) is 15.6. The first-order chi connectivity index (χ1) is 9.90. The van der Waals surface area contributed by atoms with Crippen molar-refractivity contribution in [1.29, 1.82) is 0 Å². The maximum Gasteiger partial charge on any atom is 0.335 e. The van der Waals surface area contributed by atoms with E-state index >= 15 is 0 Å². The SMILES string of the molecule is Cc1ccc(S(=O)Cc2cccc(Cl)c2F)cc1C(=O)O. The average molecular weight is 327 g/mol. The van der Waals surface area contributed by atoms with Crippen LogP contribution in [0, 0.1) is 12.7 Å². The summed E-state index contributed by atoms with van der Waals surface area (Å²) in [6.07, 6.45) is 0. The number of hydrogen-bond acceptors (Lipinski definition) is 2. The van der Waals surface area contributed by atoms with Crippen molar-refractivity contribution in [1.82, 2.24) is 0 Å². The van der Waals surface area contributed by atoms with Crippen LogP contribution < -0.4 is 0 Å². The van der Waals surface area contributed by atoms with Crippen molar-refractivity contribution >= 4 is 28.4 Å². The molecule has 2 aromatic rings. The molecule has 0 saturated heterocycles. The molecule has 110 valence electrons. The molecular weight excluding hydrogens is 315 g/mol. The Morgan fingerprint density at radius 2 is 2.05 bits per heavy atom. The summed E-state index contributed by atoms with van der Waals surface area (Å²) in [6, 6.07) is 9.03. The lowest BCUT2D eigenvalue weighted by molar-refractivity contribution is 0.0696. The zero-order valence-corrected chi connectivity index (χ0v) is 12.7. The number of carbonyl (C=O) groups is 1. The van der Waals surface area contributed by atoms with Crippen LogP contribution in [0.5, 0.6) is 0 Å². The topological polar surface area (TPSA) is 54.4 Å². The zero-order valence-electron chi connectivity index (χ0n) is 11.1. The number of rotatable bonds is 4. The number of carboxylic acid groups (broad SMARTS) is 1. The van der Waals surface area contributed by atoms with Crippen molar-refractivity contribution in [2.24, 2.45) is 0 Å². The normalized spacial score (nSPS) is 12.1. The third-order valence-corrected chi connectivity index (χ3v) is 4.67. The maximum atomic E-state index is 13.8. The van der Waals surface area contributed by atoms with E-state index in [1.54, 1.807) is 25.1 Å². The fourth-order valence-electron chi connectivity index (χ4n) is 1.86. The van der Waals surface area contributed by atoms with Gasteiger partial charge in [0.2, 0.25) is 0 Å². The second-order valence-corrected chi connectivity index (χ2v) is 6.34. The van der Waals surface area contributed by atoms with Gasteiger partial charge in [0.15, 0.2) is 0 Å². The number of aromatic carboxylic acids is 1. The number of halogens is 2. The fourth-order valence-corrected chi connectivity index (χ4v) is 3.19. The van der Waals surface area contributed by atoms with Crippen LogP contribution in [0.4, 0.5) is 4.39 Å². The lowest BCUT2D eigenvalue weighted by atomic mass is 10.1. The minimum absolute atomic E-state index is 0.0281. The van der Waals surface area contributed by atoms with Gasteiger partial charge in [-0.3, -0.25) is 4.21 Å². The standard InChI is InChI=1S/C15H12ClFO3S/c1-9-5-6-11(7-12(9)15(18)19)21(20)8-10-3-2-4-13(16)14(10)17/h2-7H,8H2,1H3,(H,18,19). The Morgan fingerprint density at radius 1 is 1.33 bits per heavy atom. The smallest absolute Gasteiger partial charge is 0.335 e. The lowest BCUT2D eigenvalue weighted by Crippen LogP contribution is -2.04. The monoisotopic (exact) mass is 326 g/mol. The van der Waals surface area contributed by atoms with E-state index < -0.39 is 22.6 Å². The summed E-state index contributed by atoms with van der Waals surface area (Å²) in [5, 5.41) is 9.04. The lowest BCUT2D eigenvalue weighted by Gasteiger charge is -2.07. The summed E-state index contributed by atoms with van der Waals surface area (Å²) in [5.41, 5.74) is 0.905. The van der Waals surface area contributed by atoms with Gasteiger partial charge in [-0.25, -0.2) is 9.18 Å². The molecule has 21 heavy (non-hydrogen) atoms. The first kappa shape index (κ1) is 15.7. The van der Waals surface area contributed by atoms with Crippen molar-refractivity contribution in [3.63, 3.8) is 0 Å². The molecule has 0 saturated carbocycles. The van der Waals surface area contributed by atoms with Gasteiger partial charge in [0.25, 0.3) is 0 Å². The fraction of sp³-hybridized carbons (Fsp3) is 0.133.